The molecule has 0 bridgehead atoms. The molecule has 0 saturated carbocycles. The van der Waals surface area contributed by atoms with Crippen molar-refractivity contribution in [3.63, 3.8) is 0 Å². The van der Waals surface area contributed by atoms with Gasteiger partial charge in [-0.1, -0.05) is 58.8 Å². The van der Waals surface area contributed by atoms with E-state index in [4.69, 9.17) is 4.74 Å². The Hall–Kier alpha value is -1.59. The van der Waals surface area contributed by atoms with Crippen molar-refractivity contribution in [3.05, 3.63) is 35.1 Å². The van der Waals surface area contributed by atoms with Crippen LogP contribution >= 0.6 is 0 Å². The molecule has 154 valence electrons. The molecule has 1 rings (SSSR count). The Morgan fingerprint density at radius 3 is 2.19 bits per heavy atom. The molecular weight excluding hydrogens is 360 g/mol. The Labute approximate surface area is 159 Å². The number of hydrogen-bond donors (Lipinski definition) is 0. The van der Waals surface area contributed by atoms with Crippen LogP contribution in [0.15, 0.2) is 18.2 Å². The van der Waals surface area contributed by atoms with E-state index >= 15 is 0 Å². The lowest BCUT2D eigenvalue weighted by atomic mass is 10.0. The molecule has 1 atom stereocenters. The Bertz CT molecular complexity index is 570. The van der Waals surface area contributed by atoms with Gasteiger partial charge in [0.1, 0.15) is 11.9 Å². The van der Waals surface area contributed by atoms with E-state index in [1.54, 1.807) is 0 Å². The maximum Gasteiger partial charge on any atom is 0.417 e. The van der Waals surface area contributed by atoms with E-state index in [9.17, 15) is 22.4 Å². The number of halogens is 4. The zero-order valence-electron chi connectivity index (χ0n) is 16.2. The second-order valence-corrected chi connectivity index (χ2v) is 6.91. The topological polar surface area (TPSA) is 26.3 Å². The van der Waals surface area contributed by atoms with Crippen molar-refractivity contribution in [1.82, 2.24) is 0 Å². The molecule has 1 aromatic rings. The first-order valence-corrected chi connectivity index (χ1v) is 9.87. The second-order valence-electron chi connectivity index (χ2n) is 6.91. The summed E-state index contributed by atoms with van der Waals surface area (Å²) in [5.41, 5.74) is -1.92. The van der Waals surface area contributed by atoms with Crippen LogP contribution in [0, 0.1) is 5.82 Å². The van der Waals surface area contributed by atoms with Gasteiger partial charge in [-0.05, 0) is 37.5 Å². The highest BCUT2D eigenvalue weighted by Gasteiger charge is 2.36. The third-order valence-corrected chi connectivity index (χ3v) is 4.54. The molecule has 0 aliphatic rings. The van der Waals surface area contributed by atoms with Gasteiger partial charge in [-0.2, -0.15) is 13.2 Å². The van der Waals surface area contributed by atoms with Gasteiger partial charge in [0.15, 0.2) is 0 Å². The minimum absolute atomic E-state index is 0.437. The molecule has 0 fully saturated rings. The highest BCUT2D eigenvalue weighted by molar-refractivity contribution is 5.91. The molecule has 0 aromatic heterocycles. The molecule has 0 aliphatic heterocycles. The molecule has 1 unspecified atom stereocenters. The van der Waals surface area contributed by atoms with Gasteiger partial charge in [0, 0.05) is 0 Å². The average Bonchev–Trinajstić information content (AvgIpc) is 2.61. The van der Waals surface area contributed by atoms with Crippen molar-refractivity contribution in [2.75, 3.05) is 0 Å². The van der Waals surface area contributed by atoms with Crippen LogP contribution < -0.4 is 0 Å². The predicted molar refractivity (Wildman–Crippen MR) is 98.1 cm³/mol. The van der Waals surface area contributed by atoms with Crippen LogP contribution in [0.1, 0.15) is 94.0 Å². The third kappa shape index (κ3) is 8.76. The van der Waals surface area contributed by atoms with Crippen molar-refractivity contribution >= 4 is 5.97 Å². The molecule has 0 radical (unpaired) electrons. The molecule has 0 aliphatic carbocycles. The zero-order chi connectivity index (χ0) is 20.3. The Kier molecular flexibility index (Phi) is 10.4. The van der Waals surface area contributed by atoms with E-state index in [1.807, 2.05) is 6.92 Å². The zero-order valence-corrected chi connectivity index (χ0v) is 16.2. The minimum atomic E-state index is -4.74. The molecule has 6 heteroatoms. The van der Waals surface area contributed by atoms with Gasteiger partial charge < -0.3 is 4.74 Å². The van der Waals surface area contributed by atoms with Gasteiger partial charge in [-0.15, -0.1) is 0 Å². The summed E-state index contributed by atoms with van der Waals surface area (Å²) in [4.78, 5) is 12.3. The monoisotopic (exact) mass is 390 g/mol. The summed E-state index contributed by atoms with van der Waals surface area (Å²) in [7, 11) is 0. The van der Waals surface area contributed by atoms with E-state index < -0.39 is 35.2 Å². The van der Waals surface area contributed by atoms with Crippen molar-refractivity contribution in [2.45, 2.75) is 90.3 Å². The normalized spacial score (nSPS) is 12.8. The average molecular weight is 390 g/mol. The van der Waals surface area contributed by atoms with Crippen LogP contribution in [-0.4, -0.2) is 12.1 Å². The van der Waals surface area contributed by atoms with E-state index in [1.165, 1.54) is 6.42 Å². The van der Waals surface area contributed by atoms with E-state index in [-0.39, 0.29) is 0 Å². The van der Waals surface area contributed by atoms with Gasteiger partial charge in [-0.3, -0.25) is 0 Å². The summed E-state index contributed by atoms with van der Waals surface area (Å²) in [5, 5.41) is 0. The molecule has 0 saturated heterocycles. The van der Waals surface area contributed by atoms with Crippen LogP contribution in [-0.2, 0) is 10.9 Å². The Balaban J connectivity index is 2.74. The minimum Gasteiger partial charge on any atom is -0.459 e. The Morgan fingerprint density at radius 2 is 1.56 bits per heavy atom. The summed E-state index contributed by atoms with van der Waals surface area (Å²) in [5.74, 6) is -2.00. The number of benzene rings is 1. The van der Waals surface area contributed by atoms with Gasteiger partial charge in [-0.25, -0.2) is 9.18 Å². The van der Waals surface area contributed by atoms with Crippen molar-refractivity contribution < 1.29 is 27.1 Å². The molecule has 0 spiro atoms. The molecule has 0 N–H and O–H groups in total. The van der Waals surface area contributed by atoms with Crippen LogP contribution in [0.3, 0.4) is 0 Å². The van der Waals surface area contributed by atoms with Gasteiger partial charge in [0.25, 0.3) is 0 Å². The van der Waals surface area contributed by atoms with Crippen LogP contribution in [0.5, 0.6) is 0 Å². The lowest BCUT2D eigenvalue weighted by molar-refractivity contribution is -0.138. The van der Waals surface area contributed by atoms with Crippen LogP contribution in [0.2, 0.25) is 0 Å². The maximum absolute atomic E-state index is 13.4. The number of unbranched alkanes of at least 4 members (excludes halogenated alkanes) is 6. The van der Waals surface area contributed by atoms with Crippen LogP contribution in [0.25, 0.3) is 0 Å². The molecule has 0 amide bonds. The Morgan fingerprint density at radius 1 is 0.963 bits per heavy atom. The molecule has 1 aromatic carbocycles. The summed E-state index contributed by atoms with van der Waals surface area (Å²) < 4.78 is 58.1. The van der Waals surface area contributed by atoms with Crippen molar-refractivity contribution in [1.29, 1.82) is 0 Å². The molecule has 0 heterocycles. The predicted octanol–water partition coefficient (Wildman–Crippen LogP) is 7.31. The second kappa shape index (κ2) is 12.0. The fourth-order valence-electron chi connectivity index (χ4n) is 2.99. The van der Waals surface area contributed by atoms with E-state index in [0.717, 1.165) is 44.9 Å². The standard InChI is InChI=1S/C21H30F4O2/c1-3-5-7-8-9-10-12-17(11-6-4-2)27-20(26)18-15-16(22)13-14-19(18)21(23,24)25/h13-15,17H,3-12H2,1-2H3. The first-order valence-electron chi connectivity index (χ1n) is 9.87. The lowest BCUT2D eigenvalue weighted by Crippen LogP contribution is -2.21. The quantitative estimate of drug-likeness (QED) is 0.212. The molecule has 2 nitrogen and oxygen atoms in total. The highest BCUT2D eigenvalue weighted by Crippen LogP contribution is 2.33. The maximum atomic E-state index is 13.4. The summed E-state index contributed by atoms with van der Waals surface area (Å²) in [6.45, 7) is 4.14. The number of esters is 1. The SMILES string of the molecule is CCCCCCCCC(CCCC)OC(=O)c1cc(F)ccc1C(F)(F)F. The fourth-order valence-corrected chi connectivity index (χ4v) is 2.99. The number of rotatable bonds is 12. The first-order chi connectivity index (χ1) is 12.8. The fraction of sp³-hybridized carbons (Fsp3) is 0.667. The largest absolute Gasteiger partial charge is 0.459 e. The summed E-state index contributed by atoms with van der Waals surface area (Å²) in [6, 6.07) is 1.89. The first kappa shape index (κ1) is 23.4. The van der Waals surface area contributed by atoms with E-state index in [2.05, 4.69) is 6.92 Å². The number of carbonyl (C=O) groups excluding carboxylic acids is 1. The third-order valence-electron chi connectivity index (χ3n) is 4.54. The van der Waals surface area contributed by atoms with E-state index in [0.29, 0.717) is 31.0 Å². The summed E-state index contributed by atoms with van der Waals surface area (Å²) >= 11 is 0. The number of carbonyl (C=O) groups is 1. The number of alkyl halides is 3. The van der Waals surface area contributed by atoms with Gasteiger partial charge in [0.05, 0.1) is 11.1 Å². The molecule has 27 heavy (non-hydrogen) atoms. The highest BCUT2D eigenvalue weighted by atomic mass is 19.4. The van der Waals surface area contributed by atoms with Gasteiger partial charge in [0.2, 0.25) is 0 Å². The lowest BCUT2D eigenvalue weighted by Gasteiger charge is -2.19. The molecular formula is C21H30F4O2. The van der Waals surface area contributed by atoms with Gasteiger partial charge >= 0.3 is 12.1 Å². The number of hydrogen-bond acceptors (Lipinski definition) is 2. The number of ether oxygens (including phenoxy) is 1. The smallest absolute Gasteiger partial charge is 0.417 e. The van der Waals surface area contributed by atoms with Crippen molar-refractivity contribution in [3.8, 4) is 0 Å². The summed E-state index contributed by atoms with van der Waals surface area (Å²) in [6.07, 6.45) is 4.25. The van der Waals surface area contributed by atoms with Crippen molar-refractivity contribution in [2.24, 2.45) is 0 Å². The van der Waals surface area contributed by atoms with Crippen LogP contribution in [0.4, 0.5) is 17.6 Å².